The van der Waals surface area contributed by atoms with Crippen molar-refractivity contribution in [3.05, 3.63) is 95.8 Å². The monoisotopic (exact) mass is 487 g/mol. The van der Waals surface area contributed by atoms with Crippen molar-refractivity contribution in [2.75, 3.05) is 12.9 Å². The first kappa shape index (κ1) is 24.5. The van der Waals surface area contributed by atoms with E-state index in [1.165, 1.54) is 17.3 Å². The van der Waals surface area contributed by atoms with Crippen LogP contribution in [0.2, 0.25) is 0 Å². The van der Waals surface area contributed by atoms with Crippen molar-refractivity contribution >= 4 is 17.5 Å². The lowest BCUT2D eigenvalue weighted by molar-refractivity contribution is 0.102. The molecule has 4 rings (SSSR count). The number of methoxy groups -OCH3 is 1. The second-order valence-corrected chi connectivity index (χ2v) is 10.0. The summed E-state index contributed by atoms with van der Waals surface area (Å²) in [6, 6.07) is 25.1. The molecule has 0 saturated carbocycles. The van der Waals surface area contributed by atoms with Gasteiger partial charge in [0.2, 0.25) is 0 Å². The number of hydrogen-bond acceptors (Lipinski definition) is 6. The van der Waals surface area contributed by atoms with Gasteiger partial charge < -0.3 is 9.47 Å². The van der Waals surface area contributed by atoms with Crippen LogP contribution in [0.3, 0.4) is 0 Å². The minimum absolute atomic E-state index is 0.0111. The van der Waals surface area contributed by atoms with Crippen LogP contribution in [0.5, 0.6) is 11.5 Å². The highest BCUT2D eigenvalue weighted by molar-refractivity contribution is 7.99. The number of para-hydroxylation sites is 1. The molecule has 0 aliphatic rings. The number of thioether (sulfide) groups is 1. The first-order chi connectivity index (χ1) is 16.8. The van der Waals surface area contributed by atoms with Crippen molar-refractivity contribution in [2.45, 2.75) is 37.9 Å². The van der Waals surface area contributed by atoms with Crippen LogP contribution in [-0.2, 0) is 12.0 Å². The zero-order valence-electron chi connectivity index (χ0n) is 20.4. The van der Waals surface area contributed by atoms with Crippen LogP contribution >= 0.6 is 11.8 Å². The molecule has 0 aliphatic carbocycles. The van der Waals surface area contributed by atoms with Gasteiger partial charge in [0.15, 0.2) is 16.8 Å². The summed E-state index contributed by atoms with van der Waals surface area (Å²) >= 11 is 1.35. The summed E-state index contributed by atoms with van der Waals surface area (Å²) in [7, 11) is 1.60. The third kappa shape index (κ3) is 6.11. The second-order valence-electron chi connectivity index (χ2n) is 9.07. The Kier molecular flexibility index (Phi) is 7.56. The smallest absolute Gasteiger partial charge is 0.196 e. The van der Waals surface area contributed by atoms with Crippen LogP contribution in [0.25, 0.3) is 5.69 Å². The molecule has 1 heterocycles. The Balaban J connectivity index is 1.50. The molecule has 180 valence electrons. The van der Waals surface area contributed by atoms with Crippen LogP contribution in [0.1, 0.15) is 42.5 Å². The van der Waals surface area contributed by atoms with Crippen molar-refractivity contribution < 1.29 is 14.3 Å². The van der Waals surface area contributed by atoms with Gasteiger partial charge in [-0.1, -0.05) is 62.9 Å². The van der Waals surface area contributed by atoms with Gasteiger partial charge in [-0.05, 0) is 59.5 Å². The van der Waals surface area contributed by atoms with Crippen LogP contribution < -0.4 is 9.47 Å². The quantitative estimate of drug-likeness (QED) is 0.209. The van der Waals surface area contributed by atoms with E-state index in [0.717, 1.165) is 17.2 Å². The van der Waals surface area contributed by atoms with Crippen molar-refractivity contribution in [1.82, 2.24) is 14.8 Å². The lowest BCUT2D eigenvalue weighted by atomic mass is 9.87. The maximum atomic E-state index is 12.7. The largest absolute Gasteiger partial charge is 0.497 e. The topological polar surface area (TPSA) is 66.2 Å². The van der Waals surface area contributed by atoms with Gasteiger partial charge in [0, 0.05) is 11.3 Å². The fourth-order valence-corrected chi connectivity index (χ4v) is 4.38. The molecule has 0 radical (unpaired) electrons. The van der Waals surface area contributed by atoms with E-state index in [0.29, 0.717) is 16.5 Å². The first-order valence-electron chi connectivity index (χ1n) is 11.4. The van der Waals surface area contributed by atoms with E-state index in [1.807, 2.05) is 47.0 Å². The Hall–Kier alpha value is -3.58. The number of nitrogens with zero attached hydrogens (tertiary/aromatic N) is 3. The van der Waals surface area contributed by atoms with E-state index < -0.39 is 0 Å². The Bertz CT molecular complexity index is 1260. The molecule has 0 saturated heterocycles. The molecule has 3 aromatic carbocycles. The Morgan fingerprint density at radius 3 is 2.17 bits per heavy atom. The molecule has 0 N–H and O–H groups in total. The minimum Gasteiger partial charge on any atom is -0.497 e. The number of Topliss-reactive ketones (excluding diaryl/α,β-unsaturated/α-hetero) is 1. The number of aromatic nitrogens is 3. The fourth-order valence-electron chi connectivity index (χ4n) is 3.51. The molecule has 0 fully saturated rings. The van der Waals surface area contributed by atoms with Gasteiger partial charge in [0.1, 0.15) is 18.1 Å². The zero-order valence-corrected chi connectivity index (χ0v) is 21.2. The van der Waals surface area contributed by atoms with Crippen LogP contribution in [-0.4, -0.2) is 33.4 Å². The first-order valence-corrected chi connectivity index (χ1v) is 12.4. The van der Waals surface area contributed by atoms with Gasteiger partial charge in [-0.25, -0.2) is 0 Å². The standard InChI is InChI=1S/C28H29N3O3S/c1-28(2,3)21-12-16-24(17-13-21)34-18-26-29-30-27(31(26)22-8-6-5-7-9-22)35-19-25(32)20-10-14-23(33-4)15-11-20/h5-17H,18-19H2,1-4H3. The van der Waals surface area contributed by atoms with Crippen LogP contribution in [0.15, 0.2) is 84.0 Å². The van der Waals surface area contributed by atoms with Crippen molar-refractivity contribution in [2.24, 2.45) is 0 Å². The SMILES string of the molecule is COc1ccc(C(=O)CSc2nnc(COc3ccc(C(C)(C)C)cc3)n2-c2ccccc2)cc1. The fraction of sp³-hybridized carbons (Fsp3) is 0.250. The molecule has 0 unspecified atom stereocenters. The summed E-state index contributed by atoms with van der Waals surface area (Å²) in [5.41, 5.74) is 2.88. The number of carbonyl (C=O) groups excluding carboxylic acids is 1. The molecule has 0 aliphatic heterocycles. The van der Waals surface area contributed by atoms with Gasteiger partial charge in [-0.15, -0.1) is 10.2 Å². The van der Waals surface area contributed by atoms with E-state index in [1.54, 1.807) is 31.4 Å². The van der Waals surface area contributed by atoms with E-state index in [2.05, 4.69) is 43.1 Å². The number of ketones is 1. The molecular formula is C28H29N3O3S. The number of benzene rings is 3. The van der Waals surface area contributed by atoms with E-state index in [4.69, 9.17) is 9.47 Å². The highest BCUT2D eigenvalue weighted by atomic mass is 32.2. The maximum Gasteiger partial charge on any atom is 0.196 e. The number of hydrogen-bond donors (Lipinski definition) is 0. The van der Waals surface area contributed by atoms with Gasteiger partial charge >= 0.3 is 0 Å². The summed E-state index contributed by atoms with van der Waals surface area (Å²) in [5.74, 6) is 2.40. The van der Waals surface area contributed by atoms with Gasteiger partial charge in [-0.2, -0.15) is 0 Å². The highest BCUT2D eigenvalue weighted by Crippen LogP contribution is 2.26. The third-order valence-electron chi connectivity index (χ3n) is 5.55. The summed E-state index contributed by atoms with van der Waals surface area (Å²) in [6.45, 7) is 6.81. The van der Waals surface area contributed by atoms with Crippen molar-refractivity contribution in [3.63, 3.8) is 0 Å². The maximum absolute atomic E-state index is 12.7. The van der Waals surface area contributed by atoms with Gasteiger partial charge in [-0.3, -0.25) is 9.36 Å². The van der Waals surface area contributed by atoms with E-state index in [-0.39, 0.29) is 23.6 Å². The summed E-state index contributed by atoms with van der Waals surface area (Å²) in [6.07, 6.45) is 0. The molecule has 0 bridgehead atoms. The molecule has 0 atom stereocenters. The normalized spacial score (nSPS) is 11.3. The summed E-state index contributed by atoms with van der Waals surface area (Å²) in [5, 5.41) is 9.38. The Labute approximate surface area is 210 Å². The highest BCUT2D eigenvalue weighted by Gasteiger charge is 2.18. The summed E-state index contributed by atoms with van der Waals surface area (Å²) < 4.78 is 13.2. The molecule has 7 heteroatoms. The number of carbonyl (C=O) groups is 1. The molecule has 4 aromatic rings. The van der Waals surface area contributed by atoms with Gasteiger partial charge in [0.05, 0.1) is 12.9 Å². The lowest BCUT2D eigenvalue weighted by Gasteiger charge is -2.19. The second kappa shape index (κ2) is 10.8. The molecule has 0 spiro atoms. The predicted molar refractivity (Wildman–Crippen MR) is 139 cm³/mol. The average molecular weight is 488 g/mol. The predicted octanol–water partition coefficient (Wildman–Crippen LogP) is 6.13. The van der Waals surface area contributed by atoms with Crippen molar-refractivity contribution in [3.8, 4) is 17.2 Å². The summed E-state index contributed by atoms with van der Waals surface area (Å²) in [4.78, 5) is 12.7. The number of rotatable bonds is 9. The van der Waals surface area contributed by atoms with Crippen molar-refractivity contribution in [1.29, 1.82) is 0 Å². The van der Waals surface area contributed by atoms with Gasteiger partial charge in [0.25, 0.3) is 0 Å². The molecular weight excluding hydrogens is 458 g/mol. The van der Waals surface area contributed by atoms with E-state index >= 15 is 0 Å². The zero-order chi connectivity index (χ0) is 24.8. The van der Waals surface area contributed by atoms with Crippen LogP contribution in [0.4, 0.5) is 0 Å². The minimum atomic E-state index is 0.0111. The van der Waals surface area contributed by atoms with E-state index in [9.17, 15) is 4.79 Å². The number of ether oxygens (including phenoxy) is 2. The molecule has 0 amide bonds. The lowest BCUT2D eigenvalue weighted by Crippen LogP contribution is -2.11. The average Bonchev–Trinajstić information content (AvgIpc) is 3.29. The Morgan fingerprint density at radius 1 is 0.886 bits per heavy atom. The molecule has 6 nitrogen and oxygen atoms in total. The molecule has 1 aromatic heterocycles. The Morgan fingerprint density at radius 2 is 1.54 bits per heavy atom. The van der Waals surface area contributed by atoms with Crippen LogP contribution in [0, 0.1) is 0 Å². The third-order valence-corrected chi connectivity index (χ3v) is 6.48. The molecule has 35 heavy (non-hydrogen) atoms.